The van der Waals surface area contributed by atoms with Crippen LogP contribution in [0.1, 0.15) is 200 Å². The van der Waals surface area contributed by atoms with E-state index in [0.717, 1.165) is 38.5 Å². The molecule has 0 rings (SSSR count). The Hall–Kier alpha value is -2.18. The molecule has 0 unspecified atom stereocenters. The fourth-order valence-corrected chi connectivity index (χ4v) is 5.92. The van der Waals surface area contributed by atoms with Gasteiger partial charge in [0.15, 0.2) is 6.10 Å². The SMILES string of the molecule is CCCCC/C=C\C=C/[C@@H](O)C/C=C\C/C=C/CCCC(=O)OC[C@H](CO)OC(=O)CCCCCCCCCCCCCCCCCCCCC. The lowest BCUT2D eigenvalue weighted by Crippen LogP contribution is -2.28. The number of carbonyl (C=O) groups excluding carboxylic acids is 2. The van der Waals surface area contributed by atoms with E-state index in [4.69, 9.17) is 9.47 Å². The third-order valence-electron chi connectivity index (χ3n) is 9.21. The zero-order valence-corrected chi connectivity index (χ0v) is 33.2. The van der Waals surface area contributed by atoms with E-state index in [1.807, 2.05) is 42.5 Å². The van der Waals surface area contributed by atoms with Crippen LogP contribution in [-0.4, -0.2) is 47.6 Å². The van der Waals surface area contributed by atoms with Gasteiger partial charge in [-0.3, -0.25) is 9.59 Å². The predicted octanol–water partition coefficient (Wildman–Crippen LogP) is 12.4. The van der Waals surface area contributed by atoms with Gasteiger partial charge in [-0.2, -0.15) is 0 Å². The molecule has 0 aromatic rings. The van der Waals surface area contributed by atoms with Crippen molar-refractivity contribution in [1.82, 2.24) is 0 Å². The first-order valence-corrected chi connectivity index (χ1v) is 21.3. The summed E-state index contributed by atoms with van der Waals surface area (Å²) in [5, 5.41) is 19.6. The standard InChI is InChI=1S/C45H80O6/c1-3-5-7-9-11-12-13-14-15-16-17-18-19-20-21-22-26-31-35-39-45(49)51-43(40-46)41-50-44(48)38-34-30-27-23-25-29-33-37-42(47)36-32-28-24-10-8-6-4-2/h23-24,27-29,32-33,36,42-43,46-47H,3-22,25-26,30-31,34-35,37-41H2,1-2H3/b27-23+,28-24-,33-29-,36-32-/t42-,43+/m1/s1. The third kappa shape index (κ3) is 38.9. The second-order valence-corrected chi connectivity index (χ2v) is 14.3. The van der Waals surface area contributed by atoms with E-state index < -0.39 is 12.2 Å². The number of aliphatic hydroxyl groups is 2. The minimum atomic E-state index is -0.811. The number of esters is 2. The molecule has 0 bridgehead atoms. The first-order chi connectivity index (χ1) is 25.0. The van der Waals surface area contributed by atoms with Crippen LogP contribution in [0.5, 0.6) is 0 Å². The summed E-state index contributed by atoms with van der Waals surface area (Å²) in [6, 6.07) is 0. The van der Waals surface area contributed by atoms with Crippen LogP contribution in [0.25, 0.3) is 0 Å². The number of aliphatic hydroxyl groups excluding tert-OH is 2. The molecule has 2 N–H and O–H groups in total. The van der Waals surface area contributed by atoms with Crippen LogP contribution in [0, 0.1) is 0 Å². The first kappa shape index (κ1) is 48.8. The van der Waals surface area contributed by atoms with Gasteiger partial charge in [0.1, 0.15) is 6.61 Å². The molecule has 0 saturated carbocycles. The van der Waals surface area contributed by atoms with Gasteiger partial charge in [0.05, 0.1) is 12.7 Å². The van der Waals surface area contributed by atoms with Crippen LogP contribution < -0.4 is 0 Å². The number of ether oxygens (including phenoxy) is 2. The molecule has 0 fully saturated rings. The van der Waals surface area contributed by atoms with Gasteiger partial charge in [-0.05, 0) is 44.9 Å². The van der Waals surface area contributed by atoms with Crippen LogP contribution in [0.3, 0.4) is 0 Å². The zero-order chi connectivity index (χ0) is 37.3. The lowest BCUT2D eigenvalue weighted by molar-refractivity contribution is -0.161. The Morgan fingerprint density at radius 2 is 1.04 bits per heavy atom. The number of allylic oxidation sites excluding steroid dienone is 6. The van der Waals surface area contributed by atoms with Crippen molar-refractivity contribution >= 4 is 11.9 Å². The monoisotopic (exact) mass is 717 g/mol. The molecule has 0 amide bonds. The molecule has 2 atom stereocenters. The minimum absolute atomic E-state index is 0.114. The molecule has 0 radical (unpaired) electrons. The van der Waals surface area contributed by atoms with Gasteiger partial charge in [0.2, 0.25) is 0 Å². The highest BCUT2D eigenvalue weighted by Gasteiger charge is 2.16. The third-order valence-corrected chi connectivity index (χ3v) is 9.21. The van der Waals surface area contributed by atoms with Gasteiger partial charge >= 0.3 is 11.9 Å². The average molecular weight is 717 g/mol. The van der Waals surface area contributed by atoms with Crippen molar-refractivity contribution in [3.63, 3.8) is 0 Å². The quantitative estimate of drug-likeness (QED) is 0.0286. The number of carbonyl (C=O) groups is 2. The van der Waals surface area contributed by atoms with E-state index in [1.54, 1.807) is 0 Å². The maximum atomic E-state index is 12.2. The van der Waals surface area contributed by atoms with Gasteiger partial charge in [0.25, 0.3) is 0 Å². The van der Waals surface area contributed by atoms with Crippen molar-refractivity contribution in [1.29, 1.82) is 0 Å². The van der Waals surface area contributed by atoms with E-state index in [9.17, 15) is 19.8 Å². The van der Waals surface area contributed by atoms with Crippen molar-refractivity contribution in [3.8, 4) is 0 Å². The molecular formula is C45H80O6. The Kier molecular flexibility index (Phi) is 38.9. The summed E-state index contributed by atoms with van der Waals surface area (Å²) in [5.41, 5.74) is 0. The summed E-state index contributed by atoms with van der Waals surface area (Å²) in [7, 11) is 0. The molecule has 0 aromatic carbocycles. The van der Waals surface area contributed by atoms with E-state index in [-0.39, 0.29) is 31.6 Å². The number of rotatable bonds is 38. The normalized spacial score (nSPS) is 13.3. The molecular weight excluding hydrogens is 636 g/mol. The second-order valence-electron chi connectivity index (χ2n) is 14.3. The fourth-order valence-electron chi connectivity index (χ4n) is 5.92. The van der Waals surface area contributed by atoms with E-state index in [2.05, 4.69) is 19.9 Å². The molecule has 0 heterocycles. The van der Waals surface area contributed by atoms with Crippen LogP contribution in [0.15, 0.2) is 48.6 Å². The molecule has 6 heteroatoms. The molecule has 0 aliphatic heterocycles. The van der Waals surface area contributed by atoms with Crippen molar-refractivity contribution in [2.45, 2.75) is 212 Å². The lowest BCUT2D eigenvalue weighted by atomic mass is 10.0. The molecule has 0 aliphatic rings. The molecule has 0 spiro atoms. The summed E-state index contributed by atoms with van der Waals surface area (Å²) in [6.07, 6.45) is 47.8. The molecule has 6 nitrogen and oxygen atoms in total. The molecule has 51 heavy (non-hydrogen) atoms. The van der Waals surface area contributed by atoms with Gasteiger partial charge in [-0.15, -0.1) is 0 Å². The molecule has 296 valence electrons. The first-order valence-electron chi connectivity index (χ1n) is 21.3. The van der Waals surface area contributed by atoms with Crippen molar-refractivity contribution in [3.05, 3.63) is 48.6 Å². The highest BCUT2D eigenvalue weighted by molar-refractivity contribution is 5.70. The van der Waals surface area contributed by atoms with Crippen LogP contribution in [0.4, 0.5) is 0 Å². The van der Waals surface area contributed by atoms with E-state index in [1.165, 1.54) is 122 Å². The number of hydrogen-bond acceptors (Lipinski definition) is 6. The van der Waals surface area contributed by atoms with Crippen molar-refractivity contribution in [2.24, 2.45) is 0 Å². The van der Waals surface area contributed by atoms with Crippen LogP contribution in [-0.2, 0) is 19.1 Å². The number of hydrogen-bond donors (Lipinski definition) is 2. The summed E-state index contributed by atoms with van der Waals surface area (Å²) in [4.78, 5) is 24.3. The Bertz CT molecular complexity index is 876. The smallest absolute Gasteiger partial charge is 0.306 e. The maximum absolute atomic E-state index is 12.2. The summed E-state index contributed by atoms with van der Waals surface area (Å²) >= 11 is 0. The fraction of sp³-hybridized carbons (Fsp3) is 0.778. The zero-order valence-electron chi connectivity index (χ0n) is 33.2. The minimum Gasteiger partial charge on any atom is -0.462 e. The Labute approximate surface area is 314 Å². The maximum Gasteiger partial charge on any atom is 0.306 e. The Morgan fingerprint density at radius 3 is 1.61 bits per heavy atom. The molecule has 0 aromatic heterocycles. The predicted molar refractivity (Wildman–Crippen MR) is 216 cm³/mol. The van der Waals surface area contributed by atoms with Gasteiger partial charge < -0.3 is 19.7 Å². The largest absolute Gasteiger partial charge is 0.462 e. The van der Waals surface area contributed by atoms with Crippen molar-refractivity contribution in [2.75, 3.05) is 13.2 Å². The van der Waals surface area contributed by atoms with E-state index >= 15 is 0 Å². The summed E-state index contributed by atoms with van der Waals surface area (Å²) < 4.78 is 10.6. The summed E-state index contributed by atoms with van der Waals surface area (Å²) in [5.74, 6) is -0.693. The van der Waals surface area contributed by atoms with Crippen LogP contribution in [0.2, 0.25) is 0 Å². The van der Waals surface area contributed by atoms with Crippen LogP contribution >= 0.6 is 0 Å². The summed E-state index contributed by atoms with van der Waals surface area (Å²) in [6.45, 7) is 4.00. The highest BCUT2D eigenvalue weighted by atomic mass is 16.6. The van der Waals surface area contributed by atoms with E-state index in [0.29, 0.717) is 19.3 Å². The highest BCUT2D eigenvalue weighted by Crippen LogP contribution is 2.15. The van der Waals surface area contributed by atoms with Gasteiger partial charge in [-0.1, -0.05) is 191 Å². The second kappa shape index (κ2) is 40.6. The lowest BCUT2D eigenvalue weighted by Gasteiger charge is -2.15. The van der Waals surface area contributed by atoms with Gasteiger partial charge in [-0.25, -0.2) is 0 Å². The van der Waals surface area contributed by atoms with Gasteiger partial charge in [0, 0.05) is 12.8 Å². The average Bonchev–Trinajstić information content (AvgIpc) is 3.13. The molecule has 0 saturated heterocycles. The molecule has 0 aliphatic carbocycles. The Balaban J connectivity index is 3.66. The topological polar surface area (TPSA) is 93.1 Å². The van der Waals surface area contributed by atoms with Crippen molar-refractivity contribution < 1.29 is 29.3 Å². The number of unbranched alkanes of at least 4 members (excludes halogenated alkanes) is 22. The Morgan fingerprint density at radius 1 is 0.549 bits per heavy atom.